The Bertz CT molecular complexity index is 541. The van der Waals surface area contributed by atoms with Gasteiger partial charge in [-0.1, -0.05) is 0 Å². The fourth-order valence-electron chi connectivity index (χ4n) is 3.19. The van der Waals surface area contributed by atoms with Crippen molar-refractivity contribution < 1.29 is 42.2 Å². The van der Waals surface area contributed by atoms with Gasteiger partial charge in [-0.3, -0.25) is 0 Å². The molecule has 2 aliphatic carbocycles. The first-order chi connectivity index (χ1) is 8.40. The molecule has 2 rings (SSSR count). The molecular weight excluding hydrogens is 323 g/mol. The zero-order valence-corrected chi connectivity index (χ0v) is 16.3. The topological polar surface area (TPSA) is 0 Å². The fraction of sp³-hybridized carbons (Fsp3) is 0.471. The van der Waals surface area contributed by atoms with Crippen molar-refractivity contribution in [1.82, 2.24) is 0 Å². The van der Waals surface area contributed by atoms with E-state index in [0.29, 0.717) is 5.92 Å². The third-order valence-corrected chi connectivity index (χ3v) is 9.11. The van der Waals surface area contributed by atoms with Crippen LogP contribution in [0.15, 0.2) is 42.7 Å². The van der Waals surface area contributed by atoms with Gasteiger partial charge >= 0.3 is 118 Å². The molecule has 110 valence electrons. The van der Waals surface area contributed by atoms with Gasteiger partial charge in [0.2, 0.25) is 0 Å². The number of allylic oxidation sites excluding steroid dienone is 8. The van der Waals surface area contributed by atoms with E-state index in [4.69, 9.17) is 0 Å². The number of rotatable bonds is 2. The molecule has 0 N–H and O–H groups in total. The Morgan fingerprint density at radius 1 is 1.10 bits per heavy atom. The summed E-state index contributed by atoms with van der Waals surface area (Å²) < 4.78 is 5.23. The van der Waals surface area contributed by atoms with Crippen molar-refractivity contribution in [3.05, 3.63) is 42.7 Å². The Kier molecular flexibility index (Phi) is 7.99. The van der Waals surface area contributed by atoms with E-state index in [2.05, 4.69) is 59.8 Å². The van der Waals surface area contributed by atoms with Crippen LogP contribution in [0.1, 0.15) is 48.0 Å². The summed E-state index contributed by atoms with van der Waals surface area (Å²) in [6, 6.07) is 0. The second-order valence-corrected chi connectivity index (χ2v) is 10.6. The minimum atomic E-state index is -1.37. The van der Waals surface area contributed by atoms with E-state index in [0.717, 1.165) is 0 Å². The third kappa shape index (κ3) is 4.07. The van der Waals surface area contributed by atoms with Gasteiger partial charge in [-0.2, -0.15) is 0 Å². The van der Waals surface area contributed by atoms with Gasteiger partial charge in [0.1, 0.15) is 0 Å². The quantitative estimate of drug-likeness (QED) is 0.558. The van der Waals surface area contributed by atoms with E-state index in [1.807, 2.05) is 0 Å². The van der Waals surface area contributed by atoms with Crippen molar-refractivity contribution >= 4 is 3.81 Å². The van der Waals surface area contributed by atoms with Crippen LogP contribution in [0, 0.1) is 5.92 Å². The molecule has 0 heterocycles. The van der Waals surface area contributed by atoms with Gasteiger partial charge in [-0.25, -0.2) is 0 Å². The zero-order chi connectivity index (χ0) is 13.4. The monoisotopic (exact) mass is 346 g/mol. The first-order valence-electron chi connectivity index (χ1n) is 6.85. The van der Waals surface area contributed by atoms with Crippen molar-refractivity contribution in [2.45, 2.75) is 48.0 Å². The van der Waals surface area contributed by atoms with Crippen LogP contribution in [-0.4, -0.2) is 3.81 Å². The van der Waals surface area contributed by atoms with Crippen molar-refractivity contribution in [2.24, 2.45) is 5.92 Å². The Morgan fingerprint density at radius 2 is 1.70 bits per heavy atom. The molecular formula is C17H24Cl2Ti. The summed E-state index contributed by atoms with van der Waals surface area (Å²) >= 11 is -1.37. The minimum absolute atomic E-state index is 0. The molecule has 0 spiro atoms. The molecule has 0 aromatic carbocycles. The molecule has 0 saturated heterocycles. The van der Waals surface area contributed by atoms with E-state index in [-0.39, 0.29) is 24.8 Å². The molecule has 0 saturated carbocycles. The van der Waals surface area contributed by atoms with Crippen LogP contribution >= 0.6 is 0 Å². The minimum Gasteiger partial charge on any atom is -1.00 e. The van der Waals surface area contributed by atoms with Gasteiger partial charge < -0.3 is 24.8 Å². The maximum Gasteiger partial charge on any atom is -1.00 e. The summed E-state index contributed by atoms with van der Waals surface area (Å²) in [5, 5.41) is 0. The molecule has 3 heteroatoms. The molecule has 0 aromatic heterocycles. The fourth-order valence-corrected chi connectivity index (χ4v) is 8.44. The number of hydrogen-bond donors (Lipinski definition) is 0. The SMILES string of the molecule is CC1=CC(C)[C]([Ti+2]([C]2=C(C)C=C(C)C2)=[C](C)C)=C1.[Cl-].[Cl-]. The molecule has 0 amide bonds. The zero-order valence-electron chi connectivity index (χ0n) is 13.3. The van der Waals surface area contributed by atoms with Crippen molar-refractivity contribution in [3.8, 4) is 0 Å². The van der Waals surface area contributed by atoms with E-state index in [1.165, 1.54) is 12.0 Å². The van der Waals surface area contributed by atoms with Gasteiger partial charge in [0.15, 0.2) is 0 Å². The second kappa shape index (κ2) is 7.94. The largest absolute Gasteiger partial charge is 1.00 e. The number of halogens is 2. The smallest absolute Gasteiger partial charge is 1.00 e. The van der Waals surface area contributed by atoms with Crippen LogP contribution in [0.4, 0.5) is 0 Å². The van der Waals surface area contributed by atoms with Crippen LogP contribution in [0.2, 0.25) is 0 Å². The molecule has 1 unspecified atom stereocenters. The summed E-state index contributed by atoms with van der Waals surface area (Å²) in [5.74, 6) is 0.663. The van der Waals surface area contributed by atoms with E-state index in [1.54, 1.807) is 22.7 Å². The standard InChI is InChI=1S/2C7H9.C3H6.2ClH.Ti/c2*1-6-3-4-7(2)5-6;1-3-2;;;/h5H,3H2,1-2H3;3,5,7H,1-2H3;1-2H3;2*1H;/q;;;;;+2/p-2. The van der Waals surface area contributed by atoms with Crippen LogP contribution < -0.4 is 24.8 Å². The summed E-state index contributed by atoms with van der Waals surface area (Å²) in [4.78, 5) is 0. The summed E-state index contributed by atoms with van der Waals surface area (Å²) in [7, 11) is 0. The average Bonchev–Trinajstić information content (AvgIpc) is 2.71. The summed E-state index contributed by atoms with van der Waals surface area (Å²) in [6.07, 6.45) is 8.53. The van der Waals surface area contributed by atoms with Gasteiger partial charge in [-0.05, 0) is 0 Å². The third-order valence-electron chi connectivity index (χ3n) is 3.87. The van der Waals surface area contributed by atoms with E-state index in [9.17, 15) is 0 Å². The van der Waals surface area contributed by atoms with Crippen molar-refractivity contribution in [1.29, 1.82) is 0 Å². The number of hydrogen-bond acceptors (Lipinski definition) is 0. The van der Waals surface area contributed by atoms with E-state index < -0.39 is 17.4 Å². The van der Waals surface area contributed by atoms with Gasteiger partial charge in [-0.15, -0.1) is 0 Å². The van der Waals surface area contributed by atoms with Gasteiger partial charge in [0, 0.05) is 0 Å². The predicted octanol–water partition coefficient (Wildman–Crippen LogP) is -1.07. The molecule has 20 heavy (non-hydrogen) atoms. The molecule has 0 fully saturated rings. The van der Waals surface area contributed by atoms with Crippen LogP contribution in [0.5, 0.6) is 0 Å². The first-order valence-corrected chi connectivity index (χ1v) is 9.19. The Morgan fingerprint density at radius 3 is 2.05 bits per heavy atom. The molecule has 1 atom stereocenters. The first kappa shape index (κ1) is 20.1. The Balaban J connectivity index is 0.00000180. The van der Waals surface area contributed by atoms with Gasteiger partial charge in [0.25, 0.3) is 0 Å². The molecule has 2 aliphatic rings. The van der Waals surface area contributed by atoms with Crippen molar-refractivity contribution in [3.63, 3.8) is 0 Å². The maximum atomic E-state index is 2.47. The Labute approximate surface area is 142 Å². The molecule has 0 nitrogen and oxygen atoms in total. The molecule has 0 aromatic rings. The molecule has 0 radical (unpaired) electrons. The predicted molar refractivity (Wildman–Crippen MR) is 78.4 cm³/mol. The van der Waals surface area contributed by atoms with Crippen LogP contribution in [-0.2, 0) is 17.4 Å². The second-order valence-electron chi connectivity index (χ2n) is 6.00. The summed E-state index contributed by atoms with van der Waals surface area (Å²) in [6.45, 7) is 13.9. The molecule has 0 aliphatic heterocycles. The summed E-state index contributed by atoms with van der Waals surface area (Å²) in [5.41, 5.74) is 4.57. The van der Waals surface area contributed by atoms with Crippen LogP contribution in [0.3, 0.4) is 0 Å². The molecule has 0 bridgehead atoms. The Hall–Kier alpha value is 0.124. The van der Waals surface area contributed by atoms with E-state index >= 15 is 0 Å². The maximum absolute atomic E-state index is 2.47. The normalized spacial score (nSPS) is 20.2. The van der Waals surface area contributed by atoms with Crippen LogP contribution in [0.25, 0.3) is 0 Å². The van der Waals surface area contributed by atoms with Crippen molar-refractivity contribution in [2.75, 3.05) is 0 Å². The van der Waals surface area contributed by atoms with Gasteiger partial charge in [0.05, 0.1) is 0 Å². The average molecular weight is 347 g/mol.